The number of benzene rings is 2. The second-order valence-electron chi connectivity index (χ2n) is 5.99. The standard InChI is InChI=1S/C18H21N3O6S/c1-27-17-10-8-14(9-11-17)19-18(22)7-4-12-20(28(2,25)26)15-5-3-6-16(13-15)21(23)24/h3,5-6,8-11,13H,4,7,12H2,1-2H3,(H,19,22). The highest BCUT2D eigenvalue weighted by atomic mass is 32.2. The molecule has 1 amide bonds. The molecule has 0 saturated carbocycles. The van der Waals surface area contributed by atoms with Crippen LogP contribution in [0.3, 0.4) is 0 Å². The van der Waals surface area contributed by atoms with E-state index in [-0.39, 0.29) is 36.7 Å². The van der Waals surface area contributed by atoms with E-state index in [1.54, 1.807) is 31.4 Å². The maximum absolute atomic E-state index is 12.1. The maximum atomic E-state index is 12.1. The molecule has 0 aliphatic carbocycles. The van der Waals surface area contributed by atoms with Gasteiger partial charge in [0.25, 0.3) is 5.69 Å². The van der Waals surface area contributed by atoms with Crippen molar-refractivity contribution in [1.29, 1.82) is 0 Å². The smallest absolute Gasteiger partial charge is 0.271 e. The Morgan fingerprint density at radius 3 is 2.46 bits per heavy atom. The van der Waals surface area contributed by atoms with E-state index in [1.807, 2.05) is 0 Å². The van der Waals surface area contributed by atoms with Gasteiger partial charge in [-0.3, -0.25) is 19.2 Å². The highest BCUT2D eigenvalue weighted by Gasteiger charge is 2.19. The Balaban J connectivity index is 1.99. The van der Waals surface area contributed by atoms with Gasteiger partial charge in [-0.15, -0.1) is 0 Å². The molecule has 2 aromatic carbocycles. The zero-order valence-electron chi connectivity index (χ0n) is 15.5. The van der Waals surface area contributed by atoms with Gasteiger partial charge >= 0.3 is 0 Å². The minimum atomic E-state index is -3.66. The first kappa shape index (κ1) is 21.2. The van der Waals surface area contributed by atoms with Crippen molar-refractivity contribution in [3.63, 3.8) is 0 Å². The number of nitrogens with zero attached hydrogens (tertiary/aromatic N) is 2. The molecule has 28 heavy (non-hydrogen) atoms. The number of carbonyl (C=O) groups is 1. The summed E-state index contributed by atoms with van der Waals surface area (Å²) in [4.78, 5) is 22.4. The third kappa shape index (κ3) is 5.95. The van der Waals surface area contributed by atoms with Gasteiger partial charge in [0, 0.05) is 30.8 Å². The van der Waals surface area contributed by atoms with E-state index in [9.17, 15) is 23.3 Å². The number of nitrogens with one attached hydrogen (secondary N) is 1. The lowest BCUT2D eigenvalue weighted by atomic mass is 10.2. The summed E-state index contributed by atoms with van der Waals surface area (Å²) in [5.41, 5.74) is 0.583. The summed E-state index contributed by atoms with van der Waals surface area (Å²) in [6.45, 7) is 0.0238. The average molecular weight is 407 g/mol. The molecule has 0 aromatic heterocycles. The van der Waals surface area contributed by atoms with Crippen molar-refractivity contribution in [3.8, 4) is 5.75 Å². The van der Waals surface area contributed by atoms with Crippen LogP contribution in [0.25, 0.3) is 0 Å². The molecular weight excluding hydrogens is 386 g/mol. The molecule has 10 heteroatoms. The van der Waals surface area contributed by atoms with E-state index in [2.05, 4.69) is 5.32 Å². The first-order valence-electron chi connectivity index (χ1n) is 8.37. The van der Waals surface area contributed by atoms with Crippen LogP contribution < -0.4 is 14.4 Å². The van der Waals surface area contributed by atoms with E-state index < -0.39 is 14.9 Å². The van der Waals surface area contributed by atoms with Crippen LogP contribution in [-0.4, -0.2) is 39.2 Å². The van der Waals surface area contributed by atoms with E-state index in [0.29, 0.717) is 11.4 Å². The summed E-state index contributed by atoms with van der Waals surface area (Å²) in [5.74, 6) is 0.399. The fourth-order valence-electron chi connectivity index (χ4n) is 2.53. The Morgan fingerprint density at radius 1 is 1.21 bits per heavy atom. The second kappa shape index (κ2) is 9.18. The number of anilines is 2. The average Bonchev–Trinajstić information content (AvgIpc) is 2.65. The van der Waals surface area contributed by atoms with Gasteiger partial charge in [-0.25, -0.2) is 8.42 Å². The monoisotopic (exact) mass is 407 g/mol. The van der Waals surface area contributed by atoms with Crippen molar-refractivity contribution < 1.29 is 22.9 Å². The molecule has 0 aliphatic heterocycles. The Bertz CT molecular complexity index is 944. The van der Waals surface area contributed by atoms with Gasteiger partial charge in [-0.1, -0.05) is 6.07 Å². The highest BCUT2D eigenvalue weighted by Crippen LogP contribution is 2.23. The third-order valence-corrected chi connectivity index (χ3v) is 5.06. The molecule has 0 fully saturated rings. The number of methoxy groups -OCH3 is 1. The lowest BCUT2D eigenvalue weighted by Gasteiger charge is -2.22. The van der Waals surface area contributed by atoms with Crippen molar-refractivity contribution in [2.24, 2.45) is 0 Å². The van der Waals surface area contributed by atoms with Crippen LogP contribution in [0.5, 0.6) is 5.75 Å². The summed E-state index contributed by atoms with van der Waals surface area (Å²) >= 11 is 0. The minimum Gasteiger partial charge on any atom is -0.497 e. The predicted octanol–water partition coefficient (Wildman–Crippen LogP) is 2.79. The normalized spacial score (nSPS) is 10.9. The van der Waals surface area contributed by atoms with Crippen LogP contribution >= 0.6 is 0 Å². The molecule has 2 aromatic rings. The number of carbonyl (C=O) groups excluding carboxylic acids is 1. The fraction of sp³-hybridized carbons (Fsp3) is 0.278. The number of non-ortho nitro benzene ring substituents is 1. The van der Waals surface area contributed by atoms with Crippen molar-refractivity contribution >= 4 is 33.0 Å². The molecule has 0 bridgehead atoms. The lowest BCUT2D eigenvalue weighted by Crippen LogP contribution is -2.31. The summed E-state index contributed by atoms with van der Waals surface area (Å²) in [6.07, 6.45) is 1.36. The number of sulfonamides is 1. The Labute approximate surface area is 163 Å². The number of nitro groups is 1. The number of ether oxygens (including phenoxy) is 1. The summed E-state index contributed by atoms with van der Waals surface area (Å²) in [6, 6.07) is 12.2. The third-order valence-electron chi connectivity index (χ3n) is 3.87. The van der Waals surface area contributed by atoms with Crippen molar-refractivity contribution in [2.45, 2.75) is 12.8 Å². The first-order chi connectivity index (χ1) is 13.2. The first-order valence-corrected chi connectivity index (χ1v) is 10.2. The number of hydrogen-bond donors (Lipinski definition) is 1. The van der Waals surface area contributed by atoms with Gasteiger partial charge in [0.2, 0.25) is 15.9 Å². The van der Waals surface area contributed by atoms with Crippen LogP contribution in [0.2, 0.25) is 0 Å². The van der Waals surface area contributed by atoms with Gasteiger partial charge in [0.1, 0.15) is 5.75 Å². The zero-order valence-corrected chi connectivity index (χ0v) is 16.3. The molecule has 0 aliphatic rings. The van der Waals surface area contributed by atoms with Crippen LogP contribution in [0, 0.1) is 10.1 Å². The molecule has 0 heterocycles. The van der Waals surface area contributed by atoms with E-state index in [1.165, 1.54) is 24.3 Å². The number of amides is 1. The topological polar surface area (TPSA) is 119 Å². The largest absolute Gasteiger partial charge is 0.497 e. The van der Waals surface area contributed by atoms with Crippen LogP contribution in [-0.2, 0) is 14.8 Å². The molecule has 0 atom stereocenters. The lowest BCUT2D eigenvalue weighted by molar-refractivity contribution is -0.384. The summed E-state index contributed by atoms with van der Waals surface area (Å²) in [5, 5.41) is 13.6. The summed E-state index contributed by atoms with van der Waals surface area (Å²) < 4.78 is 30.3. The predicted molar refractivity (Wildman–Crippen MR) is 106 cm³/mol. The molecule has 0 saturated heterocycles. The van der Waals surface area contributed by atoms with Crippen LogP contribution in [0.4, 0.5) is 17.1 Å². The molecule has 9 nitrogen and oxygen atoms in total. The molecule has 150 valence electrons. The fourth-order valence-corrected chi connectivity index (χ4v) is 3.49. The van der Waals surface area contributed by atoms with E-state index >= 15 is 0 Å². The van der Waals surface area contributed by atoms with E-state index in [0.717, 1.165) is 10.6 Å². The quantitative estimate of drug-likeness (QED) is 0.504. The molecule has 0 spiro atoms. The SMILES string of the molecule is COc1ccc(NC(=O)CCCN(c2cccc([N+](=O)[O-])c2)S(C)(=O)=O)cc1. The van der Waals surface area contributed by atoms with Gasteiger partial charge in [0.15, 0.2) is 0 Å². The van der Waals surface area contributed by atoms with Crippen LogP contribution in [0.15, 0.2) is 48.5 Å². The molecule has 0 unspecified atom stereocenters. The van der Waals surface area contributed by atoms with E-state index in [4.69, 9.17) is 4.74 Å². The maximum Gasteiger partial charge on any atom is 0.271 e. The van der Waals surface area contributed by atoms with Crippen molar-refractivity contribution in [3.05, 3.63) is 58.6 Å². The van der Waals surface area contributed by atoms with Crippen LogP contribution in [0.1, 0.15) is 12.8 Å². The minimum absolute atomic E-state index is 0.0238. The van der Waals surface area contributed by atoms with Gasteiger partial charge in [-0.2, -0.15) is 0 Å². The van der Waals surface area contributed by atoms with Gasteiger partial charge in [0.05, 0.1) is 24.0 Å². The second-order valence-corrected chi connectivity index (χ2v) is 7.90. The Morgan fingerprint density at radius 2 is 1.89 bits per heavy atom. The molecule has 0 radical (unpaired) electrons. The Kier molecular flexibility index (Phi) is 6.94. The van der Waals surface area contributed by atoms with Gasteiger partial charge < -0.3 is 10.1 Å². The number of rotatable bonds is 9. The van der Waals surface area contributed by atoms with Crippen molar-refractivity contribution in [2.75, 3.05) is 29.5 Å². The molecule has 2 rings (SSSR count). The molecular formula is C18H21N3O6S. The zero-order chi connectivity index (χ0) is 20.7. The highest BCUT2D eigenvalue weighted by molar-refractivity contribution is 7.92. The summed E-state index contributed by atoms with van der Waals surface area (Å²) in [7, 11) is -2.12. The molecule has 1 N–H and O–H groups in total. The van der Waals surface area contributed by atoms with Gasteiger partial charge in [-0.05, 0) is 36.8 Å². The van der Waals surface area contributed by atoms with Crippen molar-refractivity contribution in [1.82, 2.24) is 0 Å². The Hall–Kier alpha value is -3.14. The number of hydrogen-bond acceptors (Lipinski definition) is 6. The number of nitro benzene ring substituents is 1.